The molecule has 0 radical (unpaired) electrons. The molecule has 4 rings (SSSR count). The smallest absolute Gasteiger partial charge is 0.270 e. The van der Waals surface area contributed by atoms with E-state index < -0.39 is 11.8 Å². The second kappa shape index (κ2) is 8.12. The van der Waals surface area contributed by atoms with Crippen LogP contribution in [-0.4, -0.2) is 22.7 Å². The van der Waals surface area contributed by atoms with Gasteiger partial charge in [-0.25, -0.2) is 0 Å². The third kappa shape index (κ3) is 3.95. The van der Waals surface area contributed by atoms with Crippen molar-refractivity contribution in [3.05, 3.63) is 83.1 Å². The van der Waals surface area contributed by atoms with Gasteiger partial charge in [0.2, 0.25) is 0 Å². The van der Waals surface area contributed by atoms with Gasteiger partial charge in [0.05, 0.1) is 5.69 Å². The van der Waals surface area contributed by atoms with E-state index >= 15 is 0 Å². The molecular formula is C24H18N2O4S. The first-order valence-electron chi connectivity index (χ1n) is 9.53. The van der Waals surface area contributed by atoms with Crippen LogP contribution in [0.3, 0.4) is 0 Å². The Morgan fingerprint density at radius 1 is 1.03 bits per heavy atom. The van der Waals surface area contributed by atoms with Crippen molar-refractivity contribution in [1.82, 2.24) is 5.32 Å². The molecule has 7 heteroatoms. The van der Waals surface area contributed by atoms with Crippen molar-refractivity contribution < 1.29 is 18.8 Å². The Morgan fingerprint density at radius 3 is 2.42 bits per heavy atom. The number of carbonyl (C=O) groups is 3. The quantitative estimate of drug-likeness (QED) is 0.289. The summed E-state index contributed by atoms with van der Waals surface area (Å²) in [5.41, 5.74) is 2.76. The zero-order valence-corrected chi connectivity index (χ0v) is 17.7. The van der Waals surface area contributed by atoms with Crippen molar-refractivity contribution >= 4 is 46.7 Å². The number of aryl methyl sites for hydroxylation is 1. The number of thiocarbonyl (C=S) groups is 1. The fourth-order valence-corrected chi connectivity index (χ4v) is 3.56. The Bertz CT molecular complexity index is 1250. The van der Waals surface area contributed by atoms with Crippen molar-refractivity contribution in [3.8, 4) is 11.3 Å². The van der Waals surface area contributed by atoms with E-state index in [1.54, 1.807) is 48.5 Å². The lowest BCUT2D eigenvalue weighted by Crippen LogP contribution is -2.54. The van der Waals surface area contributed by atoms with Gasteiger partial charge in [0.25, 0.3) is 11.8 Å². The summed E-state index contributed by atoms with van der Waals surface area (Å²) in [4.78, 5) is 38.3. The van der Waals surface area contributed by atoms with E-state index in [0.29, 0.717) is 22.8 Å². The number of benzene rings is 2. The number of nitrogens with zero attached hydrogens (tertiary/aromatic N) is 1. The highest BCUT2D eigenvalue weighted by Gasteiger charge is 2.35. The summed E-state index contributed by atoms with van der Waals surface area (Å²) in [7, 11) is 0. The molecular weight excluding hydrogens is 412 g/mol. The second-order valence-corrected chi connectivity index (χ2v) is 7.47. The van der Waals surface area contributed by atoms with Crippen molar-refractivity contribution in [2.75, 3.05) is 4.90 Å². The van der Waals surface area contributed by atoms with Crippen LogP contribution in [0.1, 0.15) is 28.6 Å². The number of rotatable bonds is 4. The molecule has 0 bridgehead atoms. The molecule has 2 heterocycles. The molecule has 0 spiro atoms. The first-order chi connectivity index (χ1) is 14.8. The lowest BCUT2D eigenvalue weighted by atomic mass is 10.1. The largest absolute Gasteiger partial charge is 0.457 e. The predicted molar refractivity (Wildman–Crippen MR) is 122 cm³/mol. The highest BCUT2D eigenvalue weighted by Crippen LogP contribution is 2.27. The number of nitrogens with one attached hydrogen (secondary N) is 1. The summed E-state index contributed by atoms with van der Waals surface area (Å²) in [5, 5.41) is 2.60. The van der Waals surface area contributed by atoms with Gasteiger partial charge in [-0.1, -0.05) is 42.5 Å². The minimum Gasteiger partial charge on any atom is -0.457 e. The highest BCUT2D eigenvalue weighted by atomic mass is 32.1. The third-order valence-electron chi connectivity index (χ3n) is 4.95. The van der Waals surface area contributed by atoms with Crippen LogP contribution in [0.4, 0.5) is 5.69 Å². The fourth-order valence-electron chi connectivity index (χ4n) is 3.29. The Kier molecular flexibility index (Phi) is 5.35. The van der Waals surface area contributed by atoms with Gasteiger partial charge in [0.1, 0.15) is 17.1 Å². The summed E-state index contributed by atoms with van der Waals surface area (Å²) >= 11 is 5.24. The molecule has 2 amide bonds. The molecule has 0 unspecified atom stereocenters. The maximum atomic E-state index is 13.1. The Hall–Kier alpha value is -3.84. The molecule has 2 aromatic carbocycles. The molecule has 6 nitrogen and oxygen atoms in total. The van der Waals surface area contributed by atoms with Crippen molar-refractivity contribution in [2.45, 2.75) is 13.8 Å². The Labute approximate surface area is 184 Å². The first kappa shape index (κ1) is 20.4. The monoisotopic (exact) mass is 430 g/mol. The second-order valence-electron chi connectivity index (χ2n) is 7.08. The predicted octanol–water partition coefficient (Wildman–Crippen LogP) is 4.29. The molecule has 1 saturated heterocycles. The number of Topliss-reactive ketones (excluding diaryl/α,β-unsaturated/α-hetero) is 1. The number of amides is 2. The molecule has 1 aromatic heterocycles. The molecule has 1 N–H and O–H groups in total. The van der Waals surface area contributed by atoms with Gasteiger partial charge in [-0.2, -0.15) is 0 Å². The lowest BCUT2D eigenvalue weighted by molar-refractivity contribution is -0.122. The summed E-state index contributed by atoms with van der Waals surface area (Å²) in [5.74, 6) is -0.219. The van der Waals surface area contributed by atoms with Gasteiger partial charge in [0, 0.05) is 11.1 Å². The van der Waals surface area contributed by atoms with Crippen LogP contribution in [-0.2, 0) is 9.59 Å². The first-order valence-corrected chi connectivity index (χ1v) is 9.94. The maximum absolute atomic E-state index is 13.1. The van der Waals surface area contributed by atoms with E-state index in [2.05, 4.69) is 5.32 Å². The SMILES string of the molecule is CC(=O)c1ccc(-c2ccc(C=C3C(=O)NC(=S)N(c4ccccc4C)C3=O)o2)cc1. The number of carbonyl (C=O) groups excluding carboxylic acids is 3. The number of hydrogen-bond donors (Lipinski definition) is 1. The fraction of sp³-hybridized carbons (Fsp3) is 0.0833. The average molecular weight is 430 g/mol. The summed E-state index contributed by atoms with van der Waals surface area (Å²) in [6, 6.07) is 17.7. The summed E-state index contributed by atoms with van der Waals surface area (Å²) < 4.78 is 5.82. The number of para-hydroxylation sites is 1. The van der Waals surface area contributed by atoms with Gasteiger partial charge >= 0.3 is 0 Å². The van der Waals surface area contributed by atoms with Crippen molar-refractivity contribution in [2.24, 2.45) is 0 Å². The van der Waals surface area contributed by atoms with Crippen LogP contribution in [0.2, 0.25) is 0 Å². The topological polar surface area (TPSA) is 79.6 Å². The molecule has 0 aliphatic carbocycles. The van der Waals surface area contributed by atoms with Crippen molar-refractivity contribution in [3.63, 3.8) is 0 Å². The van der Waals surface area contributed by atoms with Gasteiger partial charge < -0.3 is 4.42 Å². The van der Waals surface area contributed by atoms with Gasteiger partial charge in [-0.3, -0.25) is 24.6 Å². The minimum atomic E-state index is -0.580. The van der Waals surface area contributed by atoms with E-state index in [9.17, 15) is 14.4 Å². The molecule has 3 aromatic rings. The van der Waals surface area contributed by atoms with Crippen LogP contribution in [0, 0.1) is 6.92 Å². The van der Waals surface area contributed by atoms with Crippen LogP contribution < -0.4 is 10.2 Å². The van der Waals surface area contributed by atoms with E-state index in [1.165, 1.54) is 17.9 Å². The zero-order valence-electron chi connectivity index (χ0n) is 16.8. The number of anilines is 1. The average Bonchev–Trinajstić information content (AvgIpc) is 3.21. The van der Waals surface area contributed by atoms with Gasteiger partial charge in [-0.05, 0) is 55.9 Å². The van der Waals surface area contributed by atoms with E-state index in [0.717, 1.165) is 11.1 Å². The zero-order chi connectivity index (χ0) is 22.1. The molecule has 1 fully saturated rings. The minimum absolute atomic E-state index is 0.0191. The molecule has 0 atom stereocenters. The van der Waals surface area contributed by atoms with Crippen LogP contribution >= 0.6 is 12.2 Å². The maximum Gasteiger partial charge on any atom is 0.270 e. The molecule has 0 saturated carbocycles. The highest BCUT2D eigenvalue weighted by molar-refractivity contribution is 7.80. The van der Waals surface area contributed by atoms with E-state index in [1.807, 2.05) is 19.1 Å². The van der Waals surface area contributed by atoms with Crippen LogP contribution in [0.5, 0.6) is 0 Å². The number of furan rings is 1. The summed E-state index contributed by atoms with van der Waals surface area (Å²) in [6.45, 7) is 3.37. The van der Waals surface area contributed by atoms with Crippen molar-refractivity contribution in [1.29, 1.82) is 0 Å². The lowest BCUT2D eigenvalue weighted by Gasteiger charge is -2.29. The van der Waals surface area contributed by atoms with Crippen LogP contribution in [0.15, 0.2) is 70.7 Å². The van der Waals surface area contributed by atoms with Gasteiger partial charge in [-0.15, -0.1) is 0 Å². The van der Waals surface area contributed by atoms with Gasteiger partial charge in [0.15, 0.2) is 10.9 Å². The Morgan fingerprint density at radius 2 is 1.74 bits per heavy atom. The summed E-state index contributed by atoms with van der Waals surface area (Å²) in [6.07, 6.45) is 1.40. The third-order valence-corrected chi connectivity index (χ3v) is 5.23. The number of hydrogen-bond acceptors (Lipinski definition) is 5. The molecule has 1 aliphatic rings. The number of ketones is 1. The van der Waals surface area contributed by atoms with Crippen LogP contribution in [0.25, 0.3) is 17.4 Å². The Balaban J connectivity index is 1.65. The standard InChI is InChI=1S/C24H18N2O4S/c1-14-5-3-4-6-20(14)26-23(29)19(22(28)25-24(26)31)13-18-11-12-21(30-18)17-9-7-16(8-10-17)15(2)27/h3-13H,1-2H3,(H,25,28,31). The molecule has 154 valence electrons. The molecule has 31 heavy (non-hydrogen) atoms. The normalized spacial score (nSPS) is 15.4. The van der Waals surface area contributed by atoms with E-state index in [4.69, 9.17) is 16.6 Å². The molecule has 1 aliphatic heterocycles. The van der Waals surface area contributed by atoms with E-state index in [-0.39, 0.29) is 16.5 Å².